The zero-order chi connectivity index (χ0) is 17.2. The Bertz CT molecular complexity index is 619. The van der Waals surface area contributed by atoms with Crippen molar-refractivity contribution in [3.8, 4) is 0 Å². The summed E-state index contributed by atoms with van der Waals surface area (Å²) in [5, 5.41) is 4.30. The number of carbonyl (C=O) groups is 2. The van der Waals surface area contributed by atoms with Gasteiger partial charge in [-0.25, -0.2) is 9.18 Å². The highest BCUT2D eigenvalue weighted by atomic mass is 19.4. The highest BCUT2D eigenvalue weighted by molar-refractivity contribution is 5.89. The van der Waals surface area contributed by atoms with Crippen LogP contribution in [0.4, 0.5) is 22.4 Å². The molecule has 2 N–H and O–H groups in total. The molecule has 1 aromatic carbocycles. The number of urea groups is 1. The molecule has 0 radical (unpaired) electrons. The summed E-state index contributed by atoms with van der Waals surface area (Å²) < 4.78 is 49.9. The Hall–Kier alpha value is -2.32. The summed E-state index contributed by atoms with van der Waals surface area (Å²) >= 11 is 0. The Morgan fingerprint density at radius 2 is 2.13 bits per heavy atom. The lowest BCUT2D eigenvalue weighted by Gasteiger charge is -2.36. The summed E-state index contributed by atoms with van der Waals surface area (Å²) in [4.78, 5) is 25.1. The van der Waals surface area contributed by atoms with Crippen molar-refractivity contribution in [3.63, 3.8) is 0 Å². The molecule has 1 aliphatic rings. The molecule has 2 rings (SSSR count). The second-order valence-electron chi connectivity index (χ2n) is 5.16. The first kappa shape index (κ1) is 17.0. The van der Waals surface area contributed by atoms with Gasteiger partial charge in [0.25, 0.3) is 0 Å². The van der Waals surface area contributed by atoms with Gasteiger partial charge >= 0.3 is 12.2 Å². The summed E-state index contributed by atoms with van der Waals surface area (Å²) in [6, 6.07) is 1.59. The van der Waals surface area contributed by atoms with Crippen molar-refractivity contribution in [3.05, 3.63) is 35.1 Å². The minimum Gasteiger partial charge on any atom is -0.352 e. The molecular weight excluding hydrogens is 318 g/mol. The molecule has 0 saturated carbocycles. The summed E-state index contributed by atoms with van der Waals surface area (Å²) in [6.45, 7) is 0.261. The molecule has 0 unspecified atom stereocenters. The normalized spacial score (nSPS) is 18.6. The quantitative estimate of drug-likeness (QED) is 0.812. The lowest BCUT2D eigenvalue weighted by Crippen LogP contribution is -2.55. The number of nitrogens with one attached hydrogen (secondary N) is 2. The molecule has 5 nitrogen and oxygen atoms in total. The van der Waals surface area contributed by atoms with Gasteiger partial charge in [0.2, 0.25) is 5.91 Å². The second-order valence-corrected chi connectivity index (χ2v) is 5.16. The van der Waals surface area contributed by atoms with Gasteiger partial charge in [-0.05, 0) is 30.2 Å². The largest absolute Gasteiger partial charge is 0.405 e. The lowest BCUT2D eigenvalue weighted by molar-refractivity contribution is -0.128. The van der Waals surface area contributed by atoms with Crippen LogP contribution >= 0.6 is 0 Å². The van der Waals surface area contributed by atoms with E-state index in [1.165, 1.54) is 12.1 Å². The van der Waals surface area contributed by atoms with Gasteiger partial charge in [0, 0.05) is 13.1 Å². The maximum absolute atomic E-state index is 13.2. The SMILES string of the molecule is Cc1cc(F)ccc1[C@@H]1C(=O)NCCN1C(=O)NCC(F)(F)F. The van der Waals surface area contributed by atoms with E-state index in [2.05, 4.69) is 5.32 Å². The standard InChI is InChI=1S/C14H15F4N3O2/c1-8-6-9(15)2-3-10(8)11-12(22)19-4-5-21(11)13(23)20-7-14(16,17)18/h2-3,6,11H,4-5,7H2,1H3,(H,19,22)(H,20,23)/t11-/m1/s1. The number of aryl methyl sites for hydroxylation is 1. The molecule has 3 amide bonds. The van der Waals surface area contributed by atoms with E-state index in [-0.39, 0.29) is 13.1 Å². The molecule has 9 heteroatoms. The summed E-state index contributed by atoms with van der Waals surface area (Å²) in [5.41, 5.74) is 0.798. The molecule has 0 bridgehead atoms. The summed E-state index contributed by atoms with van der Waals surface area (Å²) in [5.74, 6) is -1.02. The Morgan fingerprint density at radius 1 is 1.43 bits per heavy atom. The van der Waals surface area contributed by atoms with E-state index < -0.39 is 36.5 Å². The van der Waals surface area contributed by atoms with Gasteiger partial charge < -0.3 is 15.5 Å². The Labute approximate surface area is 129 Å². The maximum Gasteiger partial charge on any atom is 0.405 e. The van der Waals surface area contributed by atoms with Gasteiger partial charge in [-0.15, -0.1) is 0 Å². The number of hydrogen-bond acceptors (Lipinski definition) is 2. The summed E-state index contributed by atoms with van der Waals surface area (Å²) in [7, 11) is 0. The Kier molecular flexibility index (Phi) is 4.76. The molecule has 1 aromatic rings. The van der Waals surface area contributed by atoms with Gasteiger partial charge in [-0.2, -0.15) is 13.2 Å². The molecule has 1 fully saturated rings. The highest BCUT2D eigenvalue weighted by Gasteiger charge is 2.37. The molecule has 1 aliphatic heterocycles. The number of amides is 3. The van der Waals surface area contributed by atoms with Crippen molar-refractivity contribution in [2.45, 2.75) is 19.1 Å². The number of hydrogen-bond donors (Lipinski definition) is 2. The molecule has 0 aromatic heterocycles. The Morgan fingerprint density at radius 3 is 2.74 bits per heavy atom. The maximum atomic E-state index is 13.2. The topological polar surface area (TPSA) is 61.4 Å². The van der Waals surface area contributed by atoms with E-state index in [4.69, 9.17) is 0 Å². The van der Waals surface area contributed by atoms with E-state index in [1.54, 1.807) is 12.2 Å². The van der Waals surface area contributed by atoms with Gasteiger partial charge in [-0.3, -0.25) is 4.79 Å². The molecule has 1 saturated heterocycles. The second kappa shape index (κ2) is 6.43. The molecule has 0 spiro atoms. The lowest BCUT2D eigenvalue weighted by atomic mass is 9.98. The van der Waals surface area contributed by atoms with Crippen molar-refractivity contribution in [2.75, 3.05) is 19.6 Å². The zero-order valence-corrected chi connectivity index (χ0v) is 12.2. The van der Waals surface area contributed by atoms with E-state index >= 15 is 0 Å². The number of piperazine rings is 1. The van der Waals surface area contributed by atoms with Gasteiger partial charge in [0.15, 0.2) is 0 Å². The van der Waals surface area contributed by atoms with Crippen molar-refractivity contribution in [1.29, 1.82) is 0 Å². The first-order valence-electron chi connectivity index (χ1n) is 6.84. The first-order valence-corrected chi connectivity index (χ1v) is 6.84. The van der Waals surface area contributed by atoms with Gasteiger partial charge in [-0.1, -0.05) is 6.07 Å². The Balaban J connectivity index is 2.25. The molecular formula is C14H15F4N3O2. The zero-order valence-electron chi connectivity index (χ0n) is 12.2. The first-order chi connectivity index (χ1) is 10.7. The van der Waals surface area contributed by atoms with Crippen molar-refractivity contribution in [1.82, 2.24) is 15.5 Å². The van der Waals surface area contributed by atoms with Crippen LogP contribution in [0.1, 0.15) is 17.2 Å². The summed E-state index contributed by atoms with van der Waals surface area (Å²) in [6.07, 6.45) is -4.55. The van der Waals surface area contributed by atoms with Crippen LogP contribution in [0, 0.1) is 12.7 Å². The number of benzene rings is 1. The minimum absolute atomic E-state index is 0.0525. The number of halogens is 4. The smallest absolute Gasteiger partial charge is 0.352 e. The van der Waals surface area contributed by atoms with E-state index in [0.29, 0.717) is 11.1 Å². The number of carbonyl (C=O) groups excluding carboxylic acids is 2. The fourth-order valence-corrected chi connectivity index (χ4v) is 2.42. The molecule has 1 atom stereocenters. The van der Waals surface area contributed by atoms with Crippen LogP contribution in [0.3, 0.4) is 0 Å². The van der Waals surface area contributed by atoms with Crippen LogP contribution in [-0.4, -0.2) is 42.6 Å². The molecule has 23 heavy (non-hydrogen) atoms. The van der Waals surface area contributed by atoms with Crippen molar-refractivity contribution >= 4 is 11.9 Å². The van der Waals surface area contributed by atoms with Crippen LogP contribution in [-0.2, 0) is 4.79 Å². The van der Waals surface area contributed by atoms with E-state index in [9.17, 15) is 27.2 Å². The average Bonchev–Trinajstić information content (AvgIpc) is 2.44. The number of rotatable bonds is 2. The monoisotopic (exact) mass is 333 g/mol. The van der Waals surface area contributed by atoms with Crippen LogP contribution in [0.5, 0.6) is 0 Å². The molecule has 0 aliphatic carbocycles. The number of alkyl halides is 3. The van der Waals surface area contributed by atoms with Crippen molar-refractivity contribution in [2.24, 2.45) is 0 Å². The third-order valence-corrected chi connectivity index (χ3v) is 3.44. The van der Waals surface area contributed by atoms with Gasteiger partial charge in [0.05, 0.1) is 0 Å². The van der Waals surface area contributed by atoms with Crippen LogP contribution in [0.2, 0.25) is 0 Å². The van der Waals surface area contributed by atoms with Crippen molar-refractivity contribution < 1.29 is 27.2 Å². The predicted molar refractivity (Wildman–Crippen MR) is 73.0 cm³/mol. The van der Waals surface area contributed by atoms with Crippen LogP contribution < -0.4 is 10.6 Å². The fraction of sp³-hybridized carbons (Fsp3) is 0.429. The van der Waals surface area contributed by atoms with E-state index in [1.807, 2.05) is 0 Å². The fourth-order valence-electron chi connectivity index (χ4n) is 2.42. The number of nitrogens with zero attached hydrogens (tertiary/aromatic N) is 1. The molecule has 1 heterocycles. The van der Waals surface area contributed by atoms with E-state index in [0.717, 1.165) is 11.0 Å². The highest BCUT2D eigenvalue weighted by Crippen LogP contribution is 2.27. The van der Waals surface area contributed by atoms with Crippen LogP contribution in [0.25, 0.3) is 0 Å². The third kappa shape index (κ3) is 4.11. The minimum atomic E-state index is -4.55. The third-order valence-electron chi connectivity index (χ3n) is 3.44. The predicted octanol–water partition coefficient (Wildman–Crippen LogP) is 1.88. The molecule has 126 valence electrons. The van der Waals surface area contributed by atoms with Crippen LogP contribution in [0.15, 0.2) is 18.2 Å². The average molecular weight is 333 g/mol. The van der Waals surface area contributed by atoms with Gasteiger partial charge in [0.1, 0.15) is 18.4 Å².